The zero-order valence-electron chi connectivity index (χ0n) is 8.85. The van der Waals surface area contributed by atoms with Gasteiger partial charge in [0.05, 0.1) is 6.04 Å². The molecule has 0 bridgehead atoms. The monoisotopic (exact) mass is 289 g/mol. The summed E-state index contributed by atoms with van der Waals surface area (Å²) in [4.78, 5) is 0. The molecule has 16 heavy (non-hydrogen) atoms. The SMILES string of the molecule is FC(F)(Cc1ccc(Br)cc1)C1CCCN1. The molecule has 1 nitrogen and oxygen atoms in total. The number of rotatable bonds is 3. The van der Waals surface area contributed by atoms with E-state index in [-0.39, 0.29) is 6.42 Å². The standard InChI is InChI=1S/C12H14BrF2N/c13-10-5-3-9(4-6-10)8-12(14,15)11-2-1-7-16-11/h3-6,11,16H,1-2,7-8H2. The van der Waals surface area contributed by atoms with Crippen molar-refractivity contribution in [2.24, 2.45) is 0 Å². The predicted octanol–water partition coefficient (Wildman–Crippen LogP) is 3.38. The third-order valence-corrected chi connectivity index (χ3v) is 3.45. The lowest BCUT2D eigenvalue weighted by Crippen LogP contribution is -2.42. The van der Waals surface area contributed by atoms with Crippen LogP contribution in [0.5, 0.6) is 0 Å². The second-order valence-electron chi connectivity index (χ2n) is 4.21. The molecule has 1 aliphatic rings. The smallest absolute Gasteiger partial charge is 0.267 e. The average Bonchev–Trinajstić information content (AvgIpc) is 2.75. The summed E-state index contributed by atoms with van der Waals surface area (Å²) >= 11 is 3.29. The number of benzene rings is 1. The molecule has 0 saturated carbocycles. The molecule has 1 unspecified atom stereocenters. The molecule has 1 heterocycles. The van der Waals surface area contributed by atoms with Crippen molar-refractivity contribution in [1.29, 1.82) is 0 Å². The van der Waals surface area contributed by atoms with E-state index >= 15 is 0 Å². The minimum absolute atomic E-state index is 0.183. The molecule has 0 amide bonds. The lowest BCUT2D eigenvalue weighted by molar-refractivity contribution is -0.0307. The first-order chi connectivity index (χ1) is 7.58. The van der Waals surface area contributed by atoms with Crippen molar-refractivity contribution in [3.05, 3.63) is 34.3 Å². The summed E-state index contributed by atoms with van der Waals surface area (Å²) in [6.07, 6.45) is 1.24. The van der Waals surface area contributed by atoms with Crippen molar-refractivity contribution in [2.75, 3.05) is 6.54 Å². The van der Waals surface area contributed by atoms with Gasteiger partial charge in [-0.05, 0) is 37.1 Å². The Morgan fingerprint density at radius 2 is 2.00 bits per heavy atom. The van der Waals surface area contributed by atoms with Crippen molar-refractivity contribution in [3.8, 4) is 0 Å². The largest absolute Gasteiger partial charge is 0.309 e. The Hall–Kier alpha value is -0.480. The van der Waals surface area contributed by atoms with Crippen molar-refractivity contribution in [2.45, 2.75) is 31.2 Å². The lowest BCUT2D eigenvalue weighted by Gasteiger charge is -2.23. The van der Waals surface area contributed by atoms with Crippen molar-refractivity contribution >= 4 is 15.9 Å². The molecule has 1 aromatic carbocycles. The molecule has 1 aromatic rings. The Morgan fingerprint density at radius 1 is 1.31 bits per heavy atom. The topological polar surface area (TPSA) is 12.0 Å². The maximum atomic E-state index is 13.8. The van der Waals surface area contributed by atoms with Crippen LogP contribution in [0, 0.1) is 0 Å². The maximum absolute atomic E-state index is 13.8. The summed E-state index contributed by atoms with van der Waals surface area (Å²) in [7, 11) is 0. The quantitative estimate of drug-likeness (QED) is 0.900. The van der Waals surface area contributed by atoms with Crippen molar-refractivity contribution in [1.82, 2.24) is 5.32 Å². The van der Waals surface area contributed by atoms with E-state index in [1.807, 2.05) is 0 Å². The van der Waals surface area contributed by atoms with Gasteiger partial charge in [0.25, 0.3) is 5.92 Å². The van der Waals surface area contributed by atoms with Gasteiger partial charge in [-0.15, -0.1) is 0 Å². The first-order valence-corrected chi connectivity index (χ1v) is 6.23. The van der Waals surface area contributed by atoms with Gasteiger partial charge in [0.2, 0.25) is 0 Å². The Balaban J connectivity index is 2.04. The van der Waals surface area contributed by atoms with Crippen molar-refractivity contribution in [3.63, 3.8) is 0 Å². The Morgan fingerprint density at radius 3 is 2.56 bits per heavy atom. The Labute approximate surface area is 102 Å². The van der Waals surface area contributed by atoms with Gasteiger partial charge in [-0.2, -0.15) is 0 Å². The fraction of sp³-hybridized carbons (Fsp3) is 0.500. The molecule has 0 spiro atoms. The normalized spacial score (nSPS) is 21.3. The number of alkyl halides is 2. The summed E-state index contributed by atoms with van der Waals surface area (Å²) < 4.78 is 28.6. The average molecular weight is 290 g/mol. The minimum Gasteiger partial charge on any atom is -0.309 e. The van der Waals surface area contributed by atoms with Gasteiger partial charge >= 0.3 is 0 Å². The lowest BCUT2D eigenvalue weighted by atomic mass is 10.00. The number of halogens is 3. The van der Waals surface area contributed by atoms with Crippen LogP contribution in [-0.4, -0.2) is 18.5 Å². The second kappa shape index (κ2) is 4.80. The summed E-state index contributed by atoms with van der Waals surface area (Å²) in [6, 6.07) is 6.43. The van der Waals surface area contributed by atoms with E-state index in [1.54, 1.807) is 24.3 Å². The van der Waals surface area contributed by atoms with E-state index in [1.165, 1.54) is 0 Å². The summed E-state index contributed by atoms with van der Waals surface area (Å²) in [6.45, 7) is 0.709. The second-order valence-corrected chi connectivity index (χ2v) is 5.13. The number of hydrogen-bond donors (Lipinski definition) is 1. The molecule has 1 aliphatic heterocycles. The van der Waals surface area contributed by atoms with E-state index in [4.69, 9.17) is 0 Å². The van der Waals surface area contributed by atoms with Crippen LogP contribution in [-0.2, 0) is 6.42 Å². The van der Waals surface area contributed by atoms with Crippen LogP contribution < -0.4 is 5.32 Å². The maximum Gasteiger partial charge on any atom is 0.267 e. The van der Waals surface area contributed by atoms with Crippen LogP contribution in [0.3, 0.4) is 0 Å². The zero-order chi connectivity index (χ0) is 11.6. The van der Waals surface area contributed by atoms with Gasteiger partial charge in [-0.1, -0.05) is 28.1 Å². The van der Waals surface area contributed by atoms with Crippen LogP contribution in [0.15, 0.2) is 28.7 Å². The zero-order valence-corrected chi connectivity index (χ0v) is 10.4. The first kappa shape index (κ1) is 12.0. The van der Waals surface area contributed by atoms with E-state index in [9.17, 15) is 8.78 Å². The van der Waals surface area contributed by atoms with E-state index < -0.39 is 12.0 Å². The van der Waals surface area contributed by atoms with Crippen LogP contribution >= 0.6 is 15.9 Å². The van der Waals surface area contributed by atoms with Gasteiger partial charge in [-0.25, -0.2) is 8.78 Å². The molecule has 0 aromatic heterocycles. The molecule has 2 rings (SSSR count). The summed E-state index contributed by atoms with van der Waals surface area (Å²) in [5, 5.41) is 2.87. The summed E-state index contributed by atoms with van der Waals surface area (Å²) in [5.74, 6) is -2.65. The number of hydrogen-bond acceptors (Lipinski definition) is 1. The fourth-order valence-electron chi connectivity index (χ4n) is 2.04. The number of nitrogens with one attached hydrogen (secondary N) is 1. The van der Waals surface area contributed by atoms with Crippen LogP contribution in [0.4, 0.5) is 8.78 Å². The van der Waals surface area contributed by atoms with Gasteiger partial charge in [0.1, 0.15) is 0 Å². The molecule has 1 saturated heterocycles. The Kier molecular flexibility index (Phi) is 3.60. The first-order valence-electron chi connectivity index (χ1n) is 5.43. The highest BCUT2D eigenvalue weighted by Gasteiger charge is 2.40. The highest BCUT2D eigenvalue weighted by atomic mass is 79.9. The molecule has 1 atom stereocenters. The molecule has 1 N–H and O–H groups in total. The fourth-order valence-corrected chi connectivity index (χ4v) is 2.31. The van der Waals surface area contributed by atoms with Gasteiger partial charge in [0.15, 0.2) is 0 Å². The molecule has 4 heteroatoms. The molecule has 1 fully saturated rings. The van der Waals surface area contributed by atoms with Crippen LogP contribution in [0.1, 0.15) is 18.4 Å². The molecule has 88 valence electrons. The molecule has 0 aliphatic carbocycles. The van der Waals surface area contributed by atoms with E-state index in [0.29, 0.717) is 18.5 Å². The van der Waals surface area contributed by atoms with E-state index in [0.717, 1.165) is 10.9 Å². The minimum atomic E-state index is -2.65. The van der Waals surface area contributed by atoms with Gasteiger partial charge in [0, 0.05) is 10.9 Å². The third kappa shape index (κ3) is 2.80. The highest BCUT2D eigenvalue weighted by molar-refractivity contribution is 9.10. The molecule has 0 radical (unpaired) electrons. The Bertz CT molecular complexity index is 345. The molecular formula is C12H14BrF2N. The van der Waals surface area contributed by atoms with Crippen LogP contribution in [0.2, 0.25) is 0 Å². The highest BCUT2D eigenvalue weighted by Crippen LogP contribution is 2.29. The van der Waals surface area contributed by atoms with E-state index in [2.05, 4.69) is 21.2 Å². The van der Waals surface area contributed by atoms with Gasteiger partial charge < -0.3 is 5.32 Å². The predicted molar refractivity (Wildman–Crippen MR) is 63.8 cm³/mol. The van der Waals surface area contributed by atoms with Gasteiger partial charge in [-0.3, -0.25) is 0 Å². The van der Waals surface area contributed by atoms with Crippen molar-refractivity contribution < 1.29 is 8.78 Å². The molecular weight excluding hydrogens is 276 g/mol. The van der Waals surface area contributed by atoms with Crippen LogP contribution in [0.25, 0.3) is 0 Å². The third-order valence-electron chi connectivity index (χ3n) is 2.92. The summed E-state index contributed by atoms with van der Waals surface area (Å²) in [5.41, 5.74) is 0.682.